The molecule has 0 saturated carbocycles. The zero-order valence-electron chi connectivity index (χ0n) is 5.76. The van der Waals surface area contributed by atoms with E-state index >= 15 is 0 Å². The molecule has 1 nitrogen and oxygen atoms in total. The standard InChI is InChI=1S/C8H8FN/c1-3-8-6(2)4-7(9)5-10-8/h3-5H,1H2,2H3. The molecule has 0 fully saturated rings. The minimum absolute atomic E-state index is 0.303. The number of halogens is 1. The maximum Gasteiger partial charge on any atom is 0.141 e. The summed E-state index contributed by atoms with van der Waals surface area (Å²) in [6, 6.07) is 1.43. The van der Waals surface area contributed by atoms with Gasteiger partial charge in [0.15, 0.2) is 0 Å². The third-order valence-electron chi connectivity index (χ3n) is 1.28. The van der Waals surface area contributed by atoms with Crippen LogP contribution >= 0.6 is 0 Å². The number of hydrogen-bond acceptors (Lipinski definition) is 1. The van der Waals surface area contributed by atoms with Gasteiger partial charge in [-0.1, -0.05) is 6.58 Å². The summed E-state index contributed by atoms with van der Waals surface area (Å²) in [6.07, 6.45) is 2.79. The summed E-state index contributed by atoms with van der Waals surface area (Å²) in [6.45, 7) is 5.34. The molecule has 0 aromatic carbocycles. The van der Waals surface area contributed by atoms with Gasteiger partial charge in [0, 0.05) is 0 Å². The lowest BCUT2D eigenvalue weighted by atomic mass is 10.2. The Morgan fingerprint density at radius 1 is 1.70 bits per heavy atom. The fraction of sp³-hybridized carbons (Fsp3) is 0.125. The highest BCUT2D eigenvalue weighted by Gasteiger charge is 1.95. The van der Waals surface area contributed by atoms with E-state index in [2.05, 4.69) is 11.6 Å². The van der Waals surface area contributed by atoms with Crippen LogP contribution in [0.25, 0.3) is 6.08 Å². The monoisotopic (exact) mass is 137 g/mol. The molecular weight excluding hydrogens is 129 g/mol. The van der Waals surface area contributed by atoms with E-state index in [4.69, 9.17) is 0 Å². The lowest BCUT2D eigenvalue weighted by Crippen LogP contribution is -1.87. The van der Waals surface area contributed by atoms with Crippen molar-refractivity contribution in [1.29, 1.82) is 0 Å². The smallest absolute Gasteiger partial charge is 0.141 e. The molecule has 0 aliphatic heterocycles. The molecule has 0 aliphatic rings. The van der Waals surface area contributed by atoms with E-state index in [0.29, 0.717) is 0 Å². The third-order valence-corrected chi connectivity index (χ3v) is 1.28. The molecule has 0 amide bonds. The molecule has 0 radical (unpaired) electrons. The SMILES string of the molecule is C=Cc1ncc(F)cc1C. The molecule has 1 aromatic heterocycles. The van der Waals surface area contributed by atoms with Crippen molar-refractivity contribution in [3.05, 3.63) is 35.9 Å². The average Bonchev–Trinajstić information content (AvgIpc) is 1.88. The van der Waals surface area contributed by atoms with Gasteiger partial charge >= 0.3 is 0 Å². The highest BCUT2D eigenvalue weighted by molar-refractivity contribution is 5.45. The van der Waals surface area contributed by atoms with Gasteiger partial charge in [-0.3, -0.25) is 4.98 Å². The van der Waals surface area contributed by atoms with Crippen LogP contribution in [0.15, 0.2) is 18.8 Å². The summed E-state index contributed by atoms with van der Waals surface area (Å²) >= 11 is 0. The Bertz CT molecular complexity index is 255. The van der Waals surface area contributed by atoms with Gasteiger partial charge in [0.05, 0.1) is 11.9 Å². The summed E-state index contributed by atoms with van der Waals surface area (Å²) in [7, 11) is 0. The van der Waals surface area contributed by atoms with Gasteiger partial charge < -0.3 is 0 Å². The molecule has 1 rings (SSSR count). The molecule has 0 spiro atoms. The Hall–Kier alpha value is -1.18. The zero-order chi connectivity index (χ0) is 7.56. The van der Waals surface area contributed by atoms with Crippen LogP contribution in [0.2, 0.25) is 0 Å². The molecular formula is C8H8FN. The van der Waals surface area contributed by atoms with Crippen LogP contribution in [0, 0.1) is 12.7 Å². The first kappa shape index (κ1) is 6.93. The lowest BCUT2D eigenvalue weighted by Gasteiger charge is -1.96. The number of pyridine rings is 1. The van der Waals surface area contributed by atoms with Crippen LogP contribution in [0.3, 0.4) is 0 Å². The van der Waals surface area contributed by atoms with E-state index in [1.165, 1.54) is 12.3 Å². The van der Waals surface area contributed by atoms with Crippen LogP contribution in [0.5, 0.6) is 0 Å². The summed E-state index contributed by atoms with van der Waals surface area (Å²) in [5.41, 5.74) is 1.55. The number of nitrogens with zero attached hydrogens (tertiary/aromatic N) is 1. The minimum atomic E-state index is -0.303. The Morgan fingerprint density at radius 2 is 2.40 bits per heavy atom. The summed E-state index contributed by atoms with van der Waals surface area (Å²) < 4.78 is 12.4. The van der Waals surface area contributed by atoms with Crippen molar-refractivity contribution in [3.63, 3.8) is 0 Å². The maximum atomic E-state index is 12.4. The Morgan fingerprint density at radius 3 is 2.90 bits per heavy atom. The molecule has 2 heteroatoms. The van der Waals surface area contributed by atoms with E-state index in [1.54, 1.807) is 13.0 Å². The van der Waals surface area contributed by atoms with E-state index < -0.39 is 0 Å². The van der Waals surface area contributed by atoms with Gasteiger partial charge in [0.25, 0.3) is 0 Å². The van der Waals surface area contributed by atoms with Crippen molar-refractivity contribution in [2.75, 3.05) is 0 Å². The normalized spacial score (nSPS) is 9.40. The predicted molar refractivity (Wildman–Crippen MR) is 39.0 cm³/mol. The minimum Gasteiger partial charge on any atom is -0.254 e. The van der Waals surface area contributed by atoms with E-state index in [0.717, 1.165) is 11.3 Å². The Kier molecular flexibility index (Phi) is 1.81. The van der Waals surface area contributed by atoms with Crippen LogP contribution < -0.4 is 0 Å². The summed E-state index contributed by atoms with van der Waals surface area (Å²) in [5.74, 6) is -0.303. The van der Waals surface area contributed by atoms with Crippen molar-refractivity contribution >= 4 is 6.08 Å². The van der Waals surface area contributed by atoms with Gasteiger partial charge in [-0.2, -0.15) is 0 Å². The maximum absolute atomic E-state index is 12.4. The van der Waals surface area contributed by atoms with Crippen LogP contribution in [-0.4, -0.2) is 4.98 Å². The first-order chi connectivity index (χ1) is 4.74. The first-order valence-corrected chi connectivity index (χ1v) is 2.98. The molecule has 0 aliphatic carbocycles. The Balaban J connectivity index is 3.19. The molecule has 0 N–H and O–H groups in total. The third kappa shape index (κ3) is 1.21. The number of aryl methyl sites for hydroxylation is 1. The largest absolute Gasteiger partial charge is 0.254 e. The van der Waals surface area contributed by atoms with Gasteiger partial charge in [0.1, 0.15) is 5.82 Å². The lowest BCUT2D eigenvalue weighted by molar-refractivity contribution is 0.619. The van der Waals surface area contributed by atoms with Crippen molar-refractivity contribution in [1.82, 2.24) is 4.98 Å². The topological polar surface area (TPSA) is 12.9 Å². The van der Waals surface area contributed by atoms with E-state index in [1.807, 2.05) is 0 Å². The fourth-order valence-corrected chi connectivity index (χ4v) is 0.765. The quantitative estimate of drug-likeness (QED) is 0.578. The second kappa shape index (κ2) is 2.60. The molecule has 0 saturated heterocycles. The molecule has 1 aromatic rings. The fourth-order valence-electron chi connectivity index (χ4n) is 0.765. The zero-order valence-corrected chi connectivity index (χ0v) is 5.76. The molecule has 1 heterocycles. The van der Waals surface area contributed by atoms with Gasteiger partial charge in [-0.25, -0.2) is 4.39 Å². The molecule has 0 bridgehead atoms. The predicted octanol–water partition coefficient (Wildman–Crippen LogP) is 2.17. The second-order valence-corrected chi connectivity index (χ2v) is 2.06. The van der Waals surface area contributed by atoms with Crippen molar-refractivity contribution < 1.29 is 4.39 Å². The first-order valence-electron chi connectivity index (χ1n) is 2.98. The van der Waals surface area contributed by atoms with Crippen molar-refractivity contribution in [3.8, 4) is 0 Å². The van der Waals surface area contributed by atoms with E-state index in [-0.39, 0.29) is 5.82 Å². The number of rotatable bonds is 1. The number of hydrogen-bond donors (Lipinski definition) is 0. The second-order valence-electron chi connectivity index (χ2n) is 2.06. The van der Waals surface area contributed by atoms with Crippen molar-refractivity contribution in [2.24, 2.45) is 0 Å². The highest BCUT2D eigenvalue weighted by atomic mass is 19.1. The molecule has 52 valence electrons. The van der Waals surface area contributed by atoms with Crippen LogP contribution in [0.1, 0.15) is 11.3 Å². The summed E-state index contributed by atoms with van der Waals surface area (Å²) in [4.78, 5) is 3.80. The van der Waals surface area contributed by atoms with Crippen molar-refractivity contribution in [2.45, 2.75) is 6.92 Å². The molecule has 0 atom stereocenters. The van der Waals surface area contributed by atoms with Gasteiger partial charge in [0.2, 0.25) is 0 Å². The van der Waals surface area contributed by atoms with Crippen LogP contribution in [-0.2, 0) is 0 Å². The number of aromatic nitrogens is 1. The Labute approximate surface area is 59.2 Å². The highest BCUT2D eigenvalue weighted by Crippen LogP contribution is 2.06. The van der Waals surface area contributed by atoms with Crippen LogP contribution in [0.4, 0.5) is 4.39 Å². The van der Waals surface area contributed by atoms with Gasteiger partial charge in [-0.05, 0) is 24.6 Å². The van der Waals surface area contributed by atoms with Gasteiger partial charge in [-0.15, -0.1) is 0 Å². The average molecular weight is 137 g/mol. The molecule has 10 heavy (non-hydrogen) atoms. The molecule has 0 unspecified atom stereocenters. The van der Waals surface area contributed by atoms with E-state index in [9.17, 15) is 4.39 Å². The summed E-state index contributed by atoms with van der Waals surface area (Å²) in [5, 5.41) is 0.